The van der Waals surface area contributed by atoms with E-state index >= 15 is 0 Å². The van der Waals surface area contributed by atoms with Gasteiger partial charge in [0.05, 0.1) is 12.7 Å². The number of thiophene rings is 2. The van der Waals surface area contributed by atoms with Gasteiger partial charge in [-0.15, -0.1) is 22.7 Å². The molecular weight excluding hydrogens is 384 g/mol. The first-order chi connectivity index (χ1) is 13.0. The van der Waals surface area contributed by atoms with Crippen LogP contribution in [0.2, 0.25) is 0 Å². The second-order valence-corrected chi connectivity index (χ2v) is 8.42. The number of alkyl carbamates (subject to hydrolysis) is 1. The summed E-state index contributed by atoms with van der Waals surface area (Å²) in [6.07, 6.45) is 4.92. The van der Waals surface area contributed by atoms with Gasteiger partial charge in [-0.25, -0.2) is 4.79 Å². The van der Waals surface area contributed by atoms with Crippen LogP contribution in [0, 0.1) is 5.92 Å². The molecule has 2 N–H and O–H groups in total. The molecule has 2 aromatic rings. The van der Waals surface area contributed by atoms with E-state index in [9.17, 15) is 14.4 Å². The Balaban J connectivity index is 1.85. The lowest BCUT2D eigenvalue weighted by molar-refractivity contribution is -0.111. The molecule has 3 rings (SSSR count). The maximum Gasteiger partial charge on any atom is 0.413 e. The number of rotatable bonds is 4. The van der Waals surface area contributed by atoms with Crippen molar-refractivity contribution in [3.05, 3.63) is 44.5 Å². The quantitative estimate of drug-likeness (QED) is 0.752. The molecule has 2 heterocycles. The number of anilines is 1. The summed E-state index contributed by atoms with van der Waals surface area (Å²) in [6, 6.07) is 3.82. The summed E-state index contributed by atoms with van der Waals surface area (Å²) in [5.41, 5.74) is 1.28. The molecule has 0 saturated carbocycles. The van der Waals surface area contributed by atoms with Crippen LogP contribution in [0.1, 0.15) is 39.0 Å². The molecule has 2 aromatic heterocycles. The Kier molecular flexibility index (Phi) is 6.08. The van der Waals surface area contributed by atoms with Gasteiger partial charge in [-0.3, -0.25) is 14.9 Å². The molecule has 1 aliphatic rings. The van der Waals surface area contributed by atoms with E-state index in [1.807, 2.05) is 17.5 Å². The van der Waals surface area contributed by atoms with Crippen LogP contribution in [0.4, 0.5) is 9.80 Å². The van der Waals surface area contributed by atoms with Crippen molar-refractivity contribution in [3.63, 3.8) is 0 Å². The molecule has 3 amide bonds. The Morgan fingerprint density at radius 1 is 1.33 bits per heavy atom. The molecule has 0 radical (unpaired) electrons. The molecular formula is C19H20N2O4S2. The first-order valence-corrected chi connectivity index (χ1v) is 10.2. The maximum atomic E-state index is 12.6. The van der Waals surface area contributed by atoms with Gasteiger partial charge in [0, 0.05) is 15.8 Å². The number of hydrogen-bond donors (Lipinski definition) is 2. The van der Waals surface area contributed by atoms with Crippen LogP contribution in [-0.2, 0) is 22.4 Å². The number of methoxy groups -OCH3 is 1. The van der Waals surface area contributed by atoms with Gasteiger partial charge in [0.2, 0.25) is 5.91 Å². The topological polar surface area (TPSA) is 84.5 Å². The zero-order chi connectivity index (χ0) is 19.4. The van der Waals surface area contributed by atoms with Crippen molar-refractivity contribution in [3.8, 4) is 0 Å². The lowest BCUT2D eigenvalue weighted by Gasteiger charge is -2.18. The predicted molar refractivity (Wildman–Crippen MR) is 107 cm³/mol. The summed E-state index contributed by atoms with van der Waals surface area (Å²) in [5, 5.41) is 7.40. The molecule has 27 heavy (non-hydrogen) atoms. The molecule has 0 spiro atoms. The van der Waals surface area contributed by atoms with Crippen molar-refractivity contribution in [2.24, 2.45) is 5.92 Å². The first-order valence-electron chi connectivity index (χ1n) is 8.54. The summed E-state index contributed by atoms with van der Waals surface area (Å²) < 4.78 is 4.52. The second-order valence-electron chi connectivity index (χ2n) is 6.34. The molecule has 1 aliphatic carbocycles. The van der Waals surface area contributed by atoms with Crippen LogP contribution >= 0.6 is 22.7 Å². The zero-order valence-electron chi connectivity index (χ0n) is 15.0. The molecule has 8 heteroatoms. The number of hydrogen-bond acceptors (Lipinski definition) is 6. The summed E-state index contributed by atoms with van der Waals surface area (Å²) in [5.74, 6) is -0.344. The van der Waals surface area contributed by atoms with Crippen molar-refractivity contribution in [2.45, 2.75) is 26.2 Å². The SMILES string of the molecule is COC(=O)NC(=O)c1c(NC(=O)/C=C/c2cccs2)sc2c1CC[C@@H](C)C2. The molecule has 6 nitrogen and oxygen atoms in total. The largest absolute Gasteiger partial charge is 0.453 e. The van der Waals surface area contributed by atoms with Crippen molar-refractivity contribution in [1.82, 2.24) is 5.32 Å². The number of imide groups is 1. The van der Waals surface area contributed by atoms with Crippen LogP contribution in [0.3, 0.4) is 0 Å². The average Bonchev–Trinajstić information content (AvgIpc) is 3.26. The van der Waals surface area contributed by atoms with Crippen molar-refractivity contribution < 1.29 is 19.1 Å². The van der Waals surface area contributed by atoms with Crippen molar-refractivity contribution in [1.29, 1.82) is 0 Å². The van der Waals surface area contributed by atoms with Gasteiger partial charge in [0.1, 0.15) is 5.00 Å². The summed E-state index contributed by atoms with van der Waals surface area (Å²) in [6.45, 7) is 2.17. The minimum Gasteiger partial charge on any atom is -0.453 e. The van der Waals surface area contributed by atoms with Gasteiger partial charge < -0.3 is 10.1 Å². The lowest BCUT2D eigenvalue weighted by Crippen LogP contribution is -2.31. The third-order valence-electron chi connectivity index (χ3n) is 4.32. The summed E-state index contributed by atoms with van der Waals surface area (Å²) >= 11 is 2.94. The van der Waals surface area contributed by atoms with Gasteiger partial charge in [-0.1, -0.05) is 13.0 Å². The van der Waals surface area contributed by atoms with E-state index in [4.69, 9.17) is 0 Å². The number of nitrogens with one attached hydrogen (secondary N) is 2. The van der Waals surface area contributed by atoms with Gasteiger partial charge in [-0.2, -0.15) is 0 Å². The van der Waals surface area contributed by atoms with E-state index in [0.29, 0.717) is 16.5 Å². The van der Waals surface area contributed by atoms with E-state index in [1.165, 1.54) is 35.9 Å². The van der Waals surface area contributed by atoms with Crippen LogP contribution in [0.15, 0.2) is 23.6 Å². The maximum absolute atomic E-state index is 12.6. The molecule has 0 unspecified atom stereocenters. The third-order valence-corrected chi connectivity index (χ3v) is 6.33. The monoisotopic (exact) mass is 404 g/mol. The third kappa shape index (κ3) is 4.64. The highest BCUT2D eigenvalue weighted by Crippen LogP contribution is 2.39. The molecule has 0 aromatic carbocycles. The molecule has 142 valence electrons. The van der Waals surface area contributed by atoms with Crippen molar-refractivity contribution >= 4 is 51.7 Å². The van der Waals surface area contributed by atoms with E-state index in [-0.39, 0.29) is 5.91 Å². The highest BCUT2D eigenvalue weighted by molar-refractivity contribution is 7.17. The smallest absolute Gasteiger partial charge is 0.413 e. The number of fused-ring (bicyclic) bond motifs is 1. The minimum atomic E-state index is -0.820. The second kappa shape index (κ2) is 8.49. The molecule has 0 fully saturated rings. The minimum absolute atomic E-state index is 0.317. The number of carbonyl (C=O) groups excluding carboxylic acids is 3. The standard InChI is InChI=1S/C19H20N2O4S2/c1-11-5-7-13-14(10-11)27-18(16(13)17(23)21-19(24)25-2)20-15(22)8-6-12-4-3-9-26-12/h3-4,6,8-9,11H,5,7,10H2,1-2H3,(H,20,22)(H,21,23,24)/b8-6+/t11-/m1/s1. The molecule has 0 aliphatic heterocycles. The summed E-state index contributed by atoms with van der Waals surface area (Å²) in [4.78, 5) is 38.4. The number of ether oxygens (including phenoxy) is 1. The van der Waals surface area contributed by atoms with Gasteiger partial charge in [-0.05, 0) is 48.3 Å². The lowest BCUT2D eigenvalue weighted by atomic mass is 9.88. The average molecular weight is 405 g/mol. The predicted octanol–water partition coefficient (Wildman–Crippen LogP) is 4.08. The first kappa shape index (κ1) is 19.3. The van der Waals surface area contributed by atoms with E-state index in [1.54, 1.807) is 6.08 Å². The Morgan fingerprint density at radius 3 is 2.85 bits per heavy atom. The zero-order valence-corrected chi connectivity index (χ0v) is 16.7. The Hall–Kier alpha value is -2.45. The van der Waals surface area contributed by atoms with Crippen LogP contribution in [0.25, 0.3) is 6.08 Å². The van der Waals surface area contributed by atoms with Gasteiger partial charge in [0.25, 0.3) is 5.91 Å². The fraction of sp³-hybridized carbons (Fsp3) is 0.316. The number of carbonyl (C=O) groups is 3. The highest BCUT2D eigenvalue weighted by atomic mass is 32.1. The summed E-state index contributed by atoms with van der Waals surface area (Å²) in [7, 11) is 1.20. The van der Waals surface area contributed by atoms with Gasteiger partial charge in [0.15, 0.2) is 0 Å². The molecule has 1 atom stereocenters. The van der Waals surface area contributed by atoms with Crippen LogP contribution < -0.4 is 10.6 Å². The van der Waals surface area contributed by atoms with Crippen LogP contribution in [0.5, 0.6) is 0 Å². The van der Waals surface area contributed by atoms with E-state index in [2.05, 4.69) is 22.3 Å². The Bertz CT molecular complexity index is 884. The van der Waals surface area contributed by atoms with E-state index in [0.717, 1.165) is 34.6 Å². The Morgan fingerprint density at radius 2 is 2.15 bits per heavy atom. The highest BCUT2D eigenvalue weighted by Gasteiger charge is 2.29. The number of amides is 3. The van der Waals surface area contributed by atoms with E-state index < -0.39 is 12.0 Å². The van der Waals surface area contributed by atoms with Crippen LogP contribution in [-0.4, -0.2) is 25.0 Å². The fourth-order valence-corrected chi connectivity index (χ4v) is 5.01. The Labute approximate surface area is 165 Å². The van der Waals surface area contributed by atoms with Crippen molar-refractivity contribution in [2.75, 3.05) is 12.4 Å². The normalized spacial score (nSPS) is 16.0. The van der Waals surface area contributed by atoms with Gasteiger partial charge >= 0.3 is 6.09 Å². The molecule has 0 saturated heterocycles. The fourth-order valence-electron chi connectivity index (χ4n) is 2.98. The molecule has 0 bridgehead atoms.